The Balaban J connectivity index is 1.51. The molecule has 3 fully saturated rings. The lowest BCUT2D eigenvalue weighted by Crippen LogP contribution is -2.56. The molecule has 4 unspecified atom stereocenters. The number of hydrogen-bond acceptors (Lipinski definition) is 7. The molecule has 3 N–H and O–H groups in total. The SMILES string of the molecule is CC(=O)C1CC2NCC(=O)C2N1C(=O)C(CC(C)C)NC(=O)c1ccc(N2CCNCC2)cc1. The largest absolute Gasteiger partial charge is 0.369 e. The van der Waals surface area contributed by atoms with Gasteiger partial charge in [-0.15, -0.1) is 0 Å². The molecule has 4 rings (SSSR count). The molecule has 0 spiro atoms. The Labute approximate surface area is 200 Å². The van der Waals surface area contributed by atoms with Crippen molar-refractivity contribution in [2.24, 2.45) is 5.92 Å². The van der Waals surface area contributed by atoms with Crippen LogP contribution in [0.1, 0.15) is 44.0 Å². The van der Waals surface area contributed by atoms with E-state index >= 15 is 0 Å². The fourth-order valence-electron chi connectivity index (χ4n) is 5.30. The summed E-state index contributed by atoms with van der Waals surface area (Å²) in [6.07, 6.45) is 0.844. The predicted octanol–water partition coefficient (Wildman–Crippen LogP) is 0.340. The van der Waals surface area contributed by atoms with Gasteiger partial charge >= 0.3 is 0 Å². The second-order valence-electron chi connectivity index (χ2n) is 9.95. The summed E-state index contributed by atoms with van der Waals surface area (Å²) in [7, 11) is 0. The maximum atomic E-state index is 13.7. The second kappa shape index (κ2) is 10.2. The lowest BCUT2D eigenvalue weighted by Gasteiger charge is -2.32. The van der Waals surface area contributed by atoms with Crippen molar-refractivity contribution in [3.8, 4) is 0 Å². The summed E-state index contributed by atoms with van der Waals surface area (Å²) < 4.78 is 0. The normalized spacial score (nSPS) is 25.4. The fourth-order valence-corrected chi connectivity index (χ4v) is 5.30. The van der Waals surface area contributed by atoms with Crippen molar-refractivity contribution in [3.63, 3.8) is 0 Å². The third kappa shape index (κ3) is 5.00. The van der Waals surface area contributed by atoms with E-state index in [1.807, 2.05) is 26.0 Å². The van der Waals surface area contributed by atoms with Crippen molar-refractivity contribution in [1.29, 1.82) is 0 Å². The maximum absolute atomic E-state index is 13.7. The Morgan fingerprint density at radius 2 is 1.79 bits per heavy atom. The third-order valence-corrected chi connectivity index (χ3v) is 7.01. The number of anilines is 1. The number of amides is 2. The molecule has 1 aromatic carbocycles. The number of benzene rings is 1. The standard InChI is InChI=1S/C25H35N5O4/c1-15(2)12-20(25(34)30-21(16(3)31)13-19-23(30)22(32)14-27-19)28-24(33)17-4-6-18(7-5-17)29-10-8-26-9-11-29/h4-7,15,19-21,23,26-27H,8-14H2,1-3H3,(H,28,33). The monoisotopic (exact) mass is 469 g/mol. The van der Waals surface area contributed by atoms with Crippen LogP contribution in [0.2, 0.25) is 0 Å². The first kappa shape index (κ1) is 24.3. The molecule has 0 bridgehead atoms. The van der Waals surface area contributed by atoms with Crippen LogP contribution in [0.4, 0.5) is 5.69 Å². The first-order valence-corrected chi connectivity index (χ1v) is 12.2. The number of likely N-dealkylation sites (tertiary alicyclic amines) is 1. The van der Waals surface area contributed by atoms with Crippen LogP contribution in [0.3, 0.4) is 0 Å². The van der Waals surface area contributed by atoms with Gasteiger partial charge in [0.1, 0.15) is 12.1 Å². The summed E-state index contributed by atoms with van der Waals surface area (Å²) in [6.45, 7) is 9.30. The van der Waals surface area contributed by atoms with Crippen LogP contribution in [0.25, 0.3) is 0 Å². The lowest BCUT2D eigenvalue weighted by molar-refractivity contribution is -0.143. The summed E-state index contributed by atoms with van der Waals surface area (Å²) in [5.74, 6) is -0.785. The van der Waals surface area contributed by atoms with Crippen molar-refractivity contribution in [1.82, 2.24) is 20.9 Å². The van der Waals surface area contributed by atoms with Gasteiger partial charge in [-0.25, -0.2) is 0 Å². The highest BCUT2D eigenvalue weighted by Gasteiger charge is 2.52. The molecule has 1 aromatic rings. The Morgan fingerprint density at radius 3 is 2.41 bits per heavy atom. The molecule has 2 amide bonds. The molecule has 34 heavy (non-hydrogen) atoms. The molecular formula is C25H35N5O4. The molecule has 9 heteroatoms. The van der Waals surface area contributed by atoms with Crippen LogP contribution in [0, 0.1) is 5.92 Å². The minimum absolute atomic E-state index is 0.0831. The molecule has 0 aromatic heterocycles. The topological polar surface area (TPSA) is 111 Å². The van der Waals surface area contributed by atoms with E-state index in [9.17, 15) is 19.2 Å². The minimum atomic E-state index is -0.811. The van der Waals surface area contributed by atoms with Gasteiger partial charge in [0.25, 0.3) is 5.91 Å². The summed E-state index contributed by atoms with van der Waals surface area (Å²) in [5.41, 5.74) is 1.54. The van der Waals surface area contributed by atoms with Gasteiger partial charge in [-0.3, -0.25) is 19.2 Å². The van der Waals surface area contributed by atoms with Gasteiger partial charge in [0.15, 0.2) is 11.6 Å². The average Bonchev–Trinajstić information content (AvgIpc) is 3.38. The van der Waals surface area contributed by atoms with Crippen molar-refractivity contribution in [2.45, 2.75) is 57.8 Å². The van der Waals surface area contributed by atoms with E-state index in [2.05, 4.69) is 20.9 Å². The number of fused-ring (bicyclic) bond motifs is 1. The van der Waals surface area contributed by atoms with Crippen molar-refractivity contribution < 1.29 is 19.2 Å². The number of rotatable bonds is 7. The van der Waals surface area contributed by atoms with Crippen LogP contribution in [0.5, 0.6) is 0 Å². The number of piperazine rings is 1. The van der Waals surface area contributed by atoms with Crippen molar-refractivity contribution in [3.05, 3.63) is 29.8 Å². The van der Waals surface area contributed by atoms with Gasteiger partial charge in [0, 0.05) is 43.5 Å². The predicted molar refractivity (Wildman–Crippen MR) is 129 cm³/mol. The Bertz CT molecular complexity index is 941. The van der Waals surface area contributed by atoms with E-state index in [1.54, 1.807) is 12.1 Å². The Morgan fingerprint density at radius 1 is 1.12 bits per heavy atom. The number of ketones is 2. The number of carbonyl (C=O) groups is 4. The van der Waals surface area contributed by atoms with Crippen LogP contribution in [0.15, 0.2) is 24.3 Å². The number of hydrogen-bond donors (Lipinski definition) is 3. The molecular weight excluding hydrogens is 434 g/mol. The smallest absolute Gasteiger partial charge is 0.251 e. The minimum Gasteiger partial charge on any atom is -0.369 e. The highest BCUT2D eigenvalue weighted by Crippen LogP contribution is 2.30. The zero-order chi connectivity index (χ0) is 24.4. The molecule has 3 aliphatic rings. The van der Waals surface area contributed by atoms with Gasteiger partial charge in [-0.05, 0) is 49.9 Å². The summed E-state index contributed by atoms with van der Waals surface area (Å²) >= 11 is 0. The Kier molecular flexibility index (Phi) is 7.33. The highest BCUT2D eigenvalue weighted by molar-refractivity contribution is 6.01. The molecule has 4 atom stereocenters. The quantitative estimate of drug-likeness (QED) is 0.528. The van der Waals surface area contributed by atoms with E-state index in [0.29, 0.717) is 18.4 Å². The van der Waals surface area contributed by atoms with E-state index in [0.717, 1.165) is 31.9 Å². The van der Waals surface area contributed by atoms with Crippen LogP contribution in [-0.4, -0.2) is 85.2 Å². The zero-order valence-corrected chi connectivity index (χ0v) is 20.2. The molecule has 3 heterocycles. The van der Waals surface area contributed by atoms with Gasteiger partial charge in [-0.2, -0.15) is 0 Å². The molecule has 9 nitrogen and oxygen atoms in total. The maximum Gasteiger partial charge on any atom is 0.251 e. The van der Waals surface area contributed by atoms with E-state index < -0.39 is 18.1 Å². The van der Waals surface area contributed by atoms with Crippen molar-refractivity contribution >= 4 is 29.1 Å². The van der Waals surface area contributed by atoms with Crippen LogP contribution in [-0.2, 0) is 14.4 Å². The number of nitrogens with one attached hydrogen (secondary N) is 3. The molecule has 0 saturated carbocycles. The number of carbonyl (C=O) groups excluding carboxylic acids is 4. The van der Waals surface area contributed by atoms with Gasteiger partial charge in [0.2, 0.25) is 5.91 Å². The Hall–Kier alpha value is -2.78. The summed E-state index contributed by atoms with van der Waals surface area (Å²) in [5, 5.41) is 9.35. The van der Waals surface area contributed by atoms with E-state index in [4.69, 9.17) is 0 Å². The van der Waals surface area contributed by atoms with Crippen LogP contribution < -0.4 is 20.9 Å². The van der Waals surface area contributed by atoms with E-state index in [-0.39, 0.29) is 41.9 Å². The van der Waals surface area contributed by atoms with Crippen LogP contribution >= 0.6 is 0 Å². The molecule has 184 valence electrons. The number of nitrogens with zero attached hydrogens (tertiary/aromatic N) is 2. The van der Waals surface area contributed by atoms with E-state index in [1.165, 1.54) is 11.8 Å². The highest BCUT2D eigenvalue weighted by atomic mass is 16.2. The number of Topliss-reactive ketones (excluding diaryl/α,β-unsaturated/α-hetero) is 2. The fraction of sp³-hybridized carbons (Fsp3) is 0.600. The molecule has 3 saturated heterocycles. The third-order valence-electron chi connectivity index (χ3n) is 7.01. The summed E-state index contributed by atoms with van der Waals surface area (Å²) in [4.78, 5) is 55.3. The van der Waals surface area contributed by atoms with Gasteiger partial charge in [-0.1, -0.05) is 13.8 Å². The average molecular weight is 470 g/mol. The first-order chi connectivity index (χ1) is 16.3. The zero-order valence-electron chi connectivity index (χ0n) is 20.2. The molecule has 3 aliphatic heterocycles. The van der Waals surface area contributed by atoms with Crippen molar-refractivity contribution in [2.75, 3.05) is 37.6 Å². The first-order valence-electron chi connectivity index (χ1n) is 12.2. The second-order valence-corrected chi connectivity index (χ2v) is 9.95. The van der Waals surface area contributed by atoms with Gasteiger partial charge < -0.3 is 25.8 Å². The lowest BCUT2D eigenvalue weighted by atomic mass is 10.0. The van der Waals surface area contributed by atoms with Gasteiger partial charge in [0.05, 0.1) is 12.6 Å². The molecule has 0 radical (unpaired) electrons. The summed E-state index contributed by atoms with van der Waals surface area (Å²) in [6, 6.07) is 5.10. The molecule has 0 aliphatic carbocycles.